The molecule has 1 aromatic carbocycles. The van der Waals surface area contributed by atoms with Crippen LogP contribution < -0.4 is 10.2 Å². The first kappa shape index (κ1) is 19.9. The van der Waals surface area contributed by atoms with Gasteiger partial charge in [0.2, 0.25) is 5.91 Å². The SMILES string of the molecule is O=C(CCN1CCSC1=O)Nc1cc(C(F)(F)F)ccc1N1CCCCC1. The fourth-order valence-corrected chi connectivity index (χ4v) is 4.15. The average molecular weight is 401 g/mol. The molecule has 5 nitrogen and oxygen atoms in total. The van der Waals surface area contributed by atoms with Gasteiger partial charge in [-0.2, -0.15) is 13.2 Å². The van der Waals surface area contributed by atoms with Gasteiger partial charge in [-0.05, 0) is 37.5 Å². The molecule has 9 heteroatoms. The van der Waals surface area contributed by atoms with Crippen molar-refractivity contribution in [1.29, 1.82) is 0 Å². The van der Waals surface area contributed by atoms with E-state index < -0.39 is 17.6 Å². The first-order valence-corrected chi connectivity index (χ1v) is 10.0. The maximum atomic E-state index is 13.1. The smallest absolute Gasteiger partial charge is 0.370 e. The van der Waals surface area contributed by atoms with Crippen LogP contribution in [0, 0.1) is 0 Å². The van der Waals surface area contributed by atoms with E-state index >= 15 is 0 Å². The summed E-state index contributed by atoms with van der Waals surface area (Å²) in [6, 6.07) is 3.49. The summed E-state index contributed by atoms with van der Waals surface area (Å²) in [4.78, 5) is 27.5. The van der Waals surface area contributed by atoms with E-state index in [2.05, 4.69) is 5.32 Å². The molecule has 0 aliphatic carbocycles. The van der Waals surface area contributed by atoms with E-state index in [0.29, 0.717) is 18.0 Å². The molecule has 3 rings (SSSR count). The van der Waals surface area contributed by atoms with Crippen molar-refractivity contribution in [3.63, 3.8) is 0 Å². The number of amides is 2. The highest BCUT2D eigenvalue weighted by Crippen LogP contribution is 2.36. The monoisotopic (exact) mass is 401 g/mol. The molecule has 2 aliphatic heterocycles. The Balaban J connectivity index is 1.73. The lowest BCUT2D eigenvalue weighted by atomic mass is 10.1. The topological polar surface area (TPSA) is 52.7 Å². The molecule has 2 heterocycles. The van der Waals surface area contributed by atoms with Gasteiger partial charge < -0.3 is 15.1 Å². The van der Waals surface area contributed by atoms with Crippen LogP contribution in [0.1, 0.15) is 31.2 Å². The Bertz CT molecular complexity index is 706. The van der Waals surface area contributed by atoms with Crippen LogP contribution in [0.5, 0.6) is 0 Å². The van der Waals surface area contributed by atoms with Crippen molar-refractivity contribution >= 4 is 34.3 Å². The molecule has 0 bridgehead atoms. The Morgan fingerprint density at radius 1 is 1.15 bits per heavy atom. The number of hydrogen-bond donors (Lipinski definition) is 1. The van der Waals surface area contributed by atoms with E-state index in [-0.39, 0.29) is 23.9 Å². The Labute approximate surface area is 160 Å². The lowest BCUT2D eigenvalue weighted by Gasteiger charge is -2.31. The Kier molecular flexibility index (Phi) is 6.18. The van der Waals surface area contributed by atoms with Crippen LogP contribution in [0.4, 0.5) is 29.3 Å². The van der Waals surface area contributed by atoms with E-state index in [4.69, 9.17) is 0 Å². The third-order valence-electron chi connectivity index (χ3n) is 4.75. The largest absolute Gasteiger partial charge is 0.416 e. The molecular weight excluding hydrogens is 379 g/mol. The van der Waals surface area contributed by atoms with Crippen LogP contribution in [0.25, 0.3) is 0 Å². The fourth-order valence-electron chi connectivity index (χ4n) is 3.30. The summed E-state index contributed by atoms with van der Waals surface area (Å²) in [7, 11) is 0. The highest BCUT2D eigenvalue weighted by atomic mass is 32.2. The second kappa shape index (κ2) is 8.41. The van der Waals surface area contributed by atoms with Gasteiger partial charge in [0, 0.05) is 38.4 Å². The normalized spacial score (nSPS) is 18.1. The Hall–Kier alpha value is -1.90. The second-order valence-corrected chi connectivity index (χ2v) is 7.72. The zero-order chi connectivity index (χ0) is 19.4. The molecule has 2 saturated heterocycles. The predicted molar refractivity (Wildman–Crippen MR) is 100 cm³/mol. The van der Waals surface area contributed by atoms with Crippen LogP contribution in [-0.4, -0.2) is 48.0 Å². The van der Waals surface area contributed by atoms with Crippen LogP contribution in [0.15, 0.2) is 18.2 Å². The van der Waals surface area contributed by atoms with Crippen LogP contribution >= 0.6 is 11.8 Å². The number of piperidine rings is 1. The molecule has 2 amide bonds. The number of rotatable bonds is 5. The molecule has 1 N–H and O–H groups in total. The van der Waals surface area contributed by atoms with E-state index in [1.807, 2.05) is 4.90 Å². The Morgan fingerprint density at radius 3 is 2.52 bits per heavy atom. The number of nitrogens with one attached hydrogen (secondary N) is 1. The number of benzene rings is 1. The molecule has 27 heavy (non-hydrogen) atoms. The molecule has 1 aromatic rings. The van der Waals surface area contributed by atoms with Crippen LogP contribution in [-0.2, 0) is 11.0 Å². The Morgan fingerprint density at radius 2 is 1.89 bits per heavy atom. The maximum absolute atomic E-state index is 13.1. The van der Waals surface area contributed by atoms with Crippen molar-refractivity contribution in [2.75, 3.05) is 42.1 Å². The fraction of sp³-hybridized carbons (Fsp3) is 0.556. The lowest BCUT2D eigenvalue weighted by molar-refractivity contribution is -0.137. The van der Waals surface area contributed by atoms with Gasteiger partial charge >= 0.3 is 6.18 Å². The third-order valence-corrected chi connectivity index (χ3v) is 5.64. The molecule has 0 atom stereocenters. The summed E-state index contributed by atoms with van der Waals surface area (Å²) in [6.07, 6.45) is -1.37. The van der Waals surface area contributed by atoms with Gasteiger partial charge in [0.15, 0.2) is 0 Å². The minimum absolute atomic E-state index is 0.0575. The molecule has 2 aliphatic rings. The van der Waals surface area contributed by atoms with E-state index in [1.165, 1.54) is 17.8 Å². The highest BCUT2D eigenvalue weighted by Gasteiger charge is 2.32. The number of carbonyl (C=O) groups is 2. The summed E-state index contributed by atoms with van der Waals surface area (Å²) < 4.78 is 39.3. The molecule has 0 aromatic heterocycles. The molecular formula is C18H22F3N3O2S. The number of carbonyl (C=O) groups excluding carboxylic acids is 2. The first-order valence-electron chi connectivity index (χ1n) is 9.02. The van der Waals surface area contributed by atoms with E-state index in [9.17, 15) is 22.8 Å². The summed E-state index contributed by atoms with van der Waals surface area (Å²) in [5.41, 5.74) is 0.00684. The molecule has 0 saturated carbocycles. The van der Waals surface area contributed by atoms with Gasteiger partial charge in [-0.1, -0.05) is 11.8 Å². The predicted octanol–water partition coefficient (Wildman–Crippen LogP) is 4.19. The molecule has 0 radical (unpaired) electrons. The first-order chi connectivity index (χ1) is 12.8. The van der Waals surface area contributed by atoms with Crippen molar-refractivity contribution in [3.8, 4) is 0 Å². The number of anilines is 2. The standard InChI is InChI=1S/C18H22F3N3O2S/c19-18(20,21)13-4-5-15(23-7-2-1-3-8-23)14(12-13)22-16(25)6-9-24-10-11-27-17(24)26/h4-5,12H,1-3,6-11H2,(H,22,25). The minimum atomic E-state index is -4.47. The third kappa shape index (κ3) is 5.09. The van der Waals surface area contributed by atoms with Crippen molar-refractivity contribution in [3.05, 3.63) is 23.8 Å². The zero-order valence-electron chi connectivity index (χ0n) is 14.8. The summed E-state index contributed by atoms with van der Waals surface area (Å²) in [5, 5.41) is 2.57. The number of alkyl halides is 3. The van der Waals surface area contributed by atoms with Gasteiger partial charge in [0.1, 0.15) is 0 Å². The van der Waals surface area contributed by atoms with Crippen molar-refractivity contribution in [2.24, 2.45) is 0 Å². The second-order valence-electron chi connectivity index (χ2n) is 6.68. The van der Waals surface area contributed by atoms with Gasteiger partial charge in [-0.25, -0.2) is 0 Å². The highest BCUT2D eigenvalue weighted by molar-refractivity contribution is 8.13. The van der Waals surface area contributed by atoms with Crippen LogP contribution in [0.2, 0.25) is 0 Å². The van der Waals surface area contributed by atoms with Crippen molar-refractivity contribution < 1.29 is 22.8 Å². The van der Waals surface area contributed by atoms with Gasteiger partial charge in [-0.15, -0.1) is 0 Å². The van der Waals surface area contributed by atoms with Crippen molar-refractivity contribution in [2.45, 2.75) is 31.9 Å². The van der Waals surface area contributed by atoms with Crippen LogP contribution in [0.3, 0.4) is 0 Å². The number of nitrogens with zero attached hydrogens (tertiary/aromatic N) is 2. The number of halogens is 3. The quantitative estimate of drug-likeness (QED) is 0.804. The van der Waals surface area contributed by atoms with Gasteiger partial charge in [0.05, 0.1) is 16.9 Å². The molecule has 0 spiro atoms. The van der Waals surface area contributed by atoms with Gasteiger partial charge in [0.25, 0.3) is 5.24 Å². The van der Waals surface area contributed by atoms with Crippen molar-refractivity contribution in [1.82, 2.24) is 4.90 Å². The lowest BCUT2D eigenvalue weighted by Crippen LogP contribution is -2.31. The summed E-state index contributed by atoms with van der Waals surface area (Å²) >= 11 is 1.21. The number of hydrogen-bond acceptors (Lipinski definition) is 4. The molecule has 0 unspecified atom stereocenters. The zero-order valence-corrected chi connectivity index (χ0v) is 15.7. The summed E-state index contributed by atoms with van der Waals surface area (Å²) in [6.45, 7) is 2.39. The minimum Gasteiger partial charge on any atom is -0.370 e. The van der Waals surface area contributed by atoms with Gasteiger partial charge in [-0.3, -0.25) is 9.59 Å². The molecule has 148 valence electrons. The van der Waals surface area contributed by atoms with E-state index in [0.717, 1.165) is 44.5 Å². The average Bonchev–Trinajstić information content (AvgIpc) is 3.05. The van der Waals surface area contributed by atoms with E-state index in [1.54, 1.807) is 4.90 Å². The maximum Gasteiger partial charge on any atom is 0.416 e. The number of thioether (sulfide) groups is 1. The summed E-state index contributed by atoms with van der Waals surface area (Å²) in [5.74, 6) is 0.310. The molecule has 2 fully saturated rings.